The van der Waals surface area contributed by atoms with Gasteiger partial charge >= 0.3 is 0 Å². The second-order valence-electron chi connectivity index (χ2n) is 6.75. The molecule has 1 saturated heterocycles. The topological polar surface area (TPSA) is 41.6 Å². The summed E-state index contributed by atoms with van der Waals surface area (Å²) in [4.78, 5) is 14.9. The van der Waals surface area contributed by atoms with E-state index in [0.29, 0.717) is 16.7 Å². The first-order valence-corrected chi connectivity index (χ1v) is 10.0. The Morgan fingerprint density at radius 3 is 2.44 bits per heavy atom. The minimum absolute atomic E-state index is 0.0432. The number of ether oxygens (including phenoxy) is 1. The molecule has 27 heavy (non-hydrogen) atoms. The van der Waals surface area contributed by atoms with Crippen molar-refractivity contribution in [2.24, 2.45) is 5.92 Å². The molecular formula is C21H24Cl2N2O2. The Kier molecular flexibility index (Phi) is 7.00. The fraction of sp³-hybridized carbons (Fsp3) is 0.381. The highest BCUT2D eigenvalue weighted by Gasteiger charge is 2.25. The van der Waals surface area contributed by atoms with Crippen LogP contribution in [0.25, 0.3) is 0 Å². The van der Waals surface area contributed by atoms with Crippen molar-refractivity contribution in [1.82, 2.24) is 4.90 Å². The number of piperidine rings is 1. The number of nitrogens with one attached hydrogen (secondary N) is 1. The smallest absolute Gasteiger partial charge is 0.227 e. The number of likely N-dealkylation sites (tertiary alicyclic amines) is 1. The molecule has 1 heterocycles. The van der Waals surface area contributed by atoms with Crippen LogP contribution in [0, 0.1) is 5.92 Å². The Balaban J connectivity index is 1.47. The summed E-state index contributed by atoms with van der Waals surface area (Å²) in [7, 11) is 0. The Morgan fingerprint density at radius 2 is 1.81 bits per heavy atom. The van der Waals surface area contributed by atoms with E-state index in [1.165, 1.54) is 0 Å². The molecule has 6 heteroatoms. The molecule has 0 unspecified atom stereocenters. The molecule has 1 fully saturated rings. The summed E-state index contributed by atoms with van der Waals surface area (Å²) >= 11 is 12.1. The lowest BCUT2D eigenvalue weighted by Crippen LogP contribution is -2.37. The van der Waals surface area contributed by atoms with Crippen LogP contribution in [-0.4, -0.2) is 30.5 Å². The maximum Gasteiger partial charge on any atom is 0.227 e. The van der Waals surface area contributed by atoms with Crippen LogP contribution in [0.1, 0.15) is 25.3 Å². The van der Waals surface area contributed by atoms with Gasteiger partial charge in [-0.05, 0) is 74.8 Å². The molecule has 2 aromatic rings. The zero-order valence-electron chi connectivity index (χ0n) is 15.4. The number of benzene rings is 2. The van der Waals surface area contributed by atoms with Gasteiger partial charge in [0.2, 0.25) is 5.91 Å². The van der Waals surface area contributed by atoms with Crippen molar-refractivity contribution in [2.45, 2.75) is 26.3 Å². The Morgan fingerprint density at radius 1 is 1.11 bits per heavy atom. The molecule has 1 aliphatic rings. The van der Waals surface area contributed by atoms with Crippen molar-refractivity contribution in [3.8, 4) is 5.75 Å². The summed E-state index contributed by atoms with van der Waals surface area (Å²) in [5, 5.41) is 4.17. The van der Waals surface area contributed by atoms with Crippen molar-refractivity contribution in [1.29, 1.82) is 0 Å². The number of nitrogens with zero attached hydrogens (tertiary/aromatic N) is 1. The number of anilines is 1. The average Bonchev–Trinajstić information content (AvgIpc) is 2.67. The molecule has 0 spiro atoms. The van der Waals surface area contributed by atoms with Crippen LogP contribution in [0.4, 0.5) is 5.69 Å². The van der Waals surface area contributed by atoms with Crippen LogP contribution in [0.2, 0.25) is 10.0 Å². The van der Waals surface area contributed by atoms with Crippen LogP contribution >= 0.6 is 23.2 Å². The zero-order chi connectivity index (χ0) is 19.2. The first-order valence-electron chi connectivity index (χ1n) is 9.25. The molecule has 4 nitrogen and oxygen atoms in total. The first-order chi connectivity index (χ1) is 13.0. The van der Waals surface area contributed by atoms with Gasteiger partial charge in [-0.2, -0.15) is 0 Å². The molecule has 0 atom stereocenters. The molecule has 1 aliphatic heterocycles. The van der Waals surface area contributed by atoms with Crippen molar-refractivity contribution in [2.75, 3.05) is 25.0 Å². The molecule has 3 rings (SSSR count). The lowest BCUT2D eigenvalue weighted by atomic mass is 9.95. The highest BCUT2D eigenvalue weighted by atomic mass is 35.5. The molecule has 144 valence electrons. The van der Waals surface area contributed by atoms with E-state index in [4.69, 9.17) is 27.9 Å². The van der Waals surface area contributed by atoms with Gasteiger partial charge in [-0.15, -0.1) is 0 Å². The van der Waals surface area contributed by atoms with Crippen molar-refractivity contribution >= 4 is 34.8 Å². The number of hydrogen-bond donors (Lipinski definition) is 1. The normalized spacial score (nSPS) is 15.5. The van der Waals surface area contributed by atoms with E-state index in [1.54, 1.807) is 0 Å². The van der Waals surface area contributed by atoms with Gasteiger partial charge in [0.25, 0.3) is 0 Å². The first kappa shape index (κ1) is 20.0. The monoisotopic (exact) mass is 406 g/mol. The lowest BCUT2D eigenvalue weighted by Gasteiger charge is -2.31. The number of rotatable bonds is 6. The minimum atomic E-state index is 0.0432. The molecule has 0 aromatic heterocycles. The minimum Gasteiger partial charge on any atom is -0.494 e. The van der Waals surface area contributed by atoms with Gasteiger partial charge in [0, 0.05) is 18.2 Å². The third kappa shape index (κ3) is 5.61. The standard InChI is InChI=1S/C21H24Cl2N2O2/c1-2-27-18-6-4-17(5-7-18)24-21(26)16-9-11-25(12-10-16)14-15-3-8-19(22)20(23)13-15/h3-8,13,16H,2,9-12,14H2,1H3,(H,24,26). The predicted octanol–water partition coefficient (Wildman–Crippen LogP) is 5.24. The van der Waals surface area contributed by atoms with Gasteiger partial charge in [0.15, 0.2) is 0 Å². The third-order valence-corrected chi connectivity index (χ3v) is 5.52. The van der Waals surface area contributed by atoms with E-state index < -0.39 is 0 Å². The summed E-state index contributed by atoms with van der Waals surface area (Å²) in [6.45, 7) is 5.18. The number of halogens is 2. The highest BCUT2D eigenvalue weighted by molar-refractivity contribution is 6.42. The van der Waals surface area contributed by atoms with E-state index in [0.717, 1.165) is 49.5 Å². The van der Waals surface area contributed by atoms with Gasteiger partial charge in [0.05, 0.1) is 16.7 Å². The van der Waals surface area contributed by atoms with Crippen LogP contribution in [-0.2, 0) is 11.3 Å². The van der Waals surface area contributed by atoms with Gasteiger partial charge in [-0.25, -0.2) is 0 Å². The largest absolute Gasteiger partial charge is 0.494 e. The fourth-order valence-corrected chi connectivity index (χ4v) is 3.62. The summed E-state index contributed by atoms with van der Waals surface area (Å²) in [5.41, 5.74) is 1.95. The molecule has 1 N–H and O–H groups in total. The van der Waals surface area contributed by atoms with Gasteiger partial charge in [-0.1, -0.05) is 29.3 Å². The van der Waals surface area contributed by atoms with Crippen LogP contribution in [0.3, 0.4) is 0 Å². The maximum atomic E-state index is 12.5. The lowest BCUT2D eigenvalue weighted by molar-refractivity contribution is -0.121. The van der Waals surface area contributed by atoms with E-state index in [-0.39, 0.29) is 11.8 Å². The molecular weight excluding hydrogens is 383 g/mol. The molecule has 0 aliphatic carbocycles. The quantitative estimate of drug-likeness (QED) is 0.712. The number of carbonyl (C=O) groups is 1. The molecule has 1 amide bonds. The number of hydrogen-bond acceptors (Lipinski definition) is 3. The fourth-order valence-electron chi connectivity index (χ4n) is 3.29. The van der Waals surface area contributed by atoms with E-state index in [9.17, 15) is 4.79 Å². The Labute approximate surface area is 170 Å². The highest BCUT2D eigenvalue weighted by Crippen LogP contribution is 2.25. The van der Waals surface area contributed by atoms with E-state index in [1.807, 2.05) is 49.4 Å². The molecule has 0 radical (unpaired) electrons. The SMILES string of the molecule is CCOc1ccc(NC(=O)C2CCN(Cc3ccc(Cl)c(Cl)c3)CC2)cc1. The van der Waals surface area contributed by atoms with Gasteiger partial charge in [0.1, 0.15) is 5.75 Å². The van der Waals surface area contributed by atoms with Crippen LogP contribution in [0.5, 0.6) is 5.75 Å². The Bertz CT molecular complexity index is 772. The van der Waals surface area contributed by atoms with Crippen LogP contribution in [0.15, 0.2) is 42.5 Å². The van der Waals surface area contributed by atoms with Crippen molar-refractivity contribution in [3.63, 3.8) is 0 Å². The summed E-state index contributed by atoms with van der Waals surface area (Å²) in [6, 6.07) is 13.2. The zero-order valence-corrected chi connectivity index (χ0v) is 16.9. The summed E-state index contributed by atoms with van der Waals surface area (Å²) < 4.78 is 5.42. The summed E-state index contributed by atoms with van der Waals surface area (Å²) in [5.74, 6) is 0.945. The number of carbonyl (C=O) groups excluding carboxylic acids is 1. The number of amides is 1. The van der Waals surface area contributed by atoms with Crippen LogP contribution < -0.4 is 10.1 Å². The van der Waals surface area contributed by atoms with Crippen molar-refractivity contribution in [3.05, 3.63) is 58.1 Å². The molecule has 0 saturated carbocycles. The molecule has 0 bridgehead atoms. The Hall–Kier alpha value is -1.75. The predicted molar refractivity (Wildman–Crippen MR) is 111 cm³/mol. The second kappa shape index (κ2) is 9.45. The van der Waals surface area contributed by atoms with Gasteiger partial charge < -0.3 is 10.1 Å². The van der Waals surface area contributed by atoms with E-state index in [2.05, 4.69) is 10.2 Å². The molecule has 2 aromatic carbocycles. The average molecular weight is 407 g/mol. The van der Waals surface area contributed by atoms with Gasteiger partial charge in [-0.3, -0.25) is 9.69 Å². The van der Waals surface area contributed by atoms with Crippen molar-refractivity contribution < 1.29 is 9.53 Å². The second-order valence-corrected chi connectivity index (χ2v) is 7.56. The third-order valence-electron chi connectivity index (χ3n) is 4.78. The summed E-state index contributed by atoms with van der Waals surface area (Å²) in [6.07, 6.45) is 1.70. The maximum absolute atomic E-state index is 12.5. The van der Waals surface area contributed by atoms with E-state index >= 15 is 0 Å².